The Morgan fingerprint density at radius 2 is 1.72 bits per heavy atom. The van der Waals surface area contributed by atoms with Crippen molar-refractivity contribution in [3.8, 4) is 11.5 Å². The molecule has 1 fully saturated rings. The Bertz CT molecular complexity index is 1360. The van der Waals surface area contributed by atoms with Gasteiger partial charge in [-0.1, -0.05) is 35.9 Å². The largest absolute Gasteiger partial charge is 0.493 e. The molecule has 3 aromatic carbocycles. The lowest BCUT2D eigenvalue weighted by molar-refractivity contribution is -0.122. The molecule has 5 amide bonds. The SMILES string of the molecule is COc1cc(/C=C2\C(=O)NC(=O)N(c3ccc(Cl)cc3)C2=O)ccc1OCC(=O)Nc1ccccc1. The highest BCUT2D eigenvalue weighted by molar-refractivity contribution is 6.39. The van der Waals surface area contributed by atoms with Crippen molar-refractivity contribution in [3.63, 3.8) is 0 Å². The zero-order valence-corrected chi connectivity index (χ0v) is 19.7. The third-order valence-corrected chi connectivity index (χ3v) is 5.35. The molecular weight excluding hydrogens is 486 g/mol. The lowest BCUT2D eigenvalue weighted by atomic mass is 10.1. The van der Waals surface area contributed by atoms with E-state index in [9.17, 15) is 19.2 Å². The first-order valence-corrected chi connectivity index (χ1v) is 11.1. The van der Waals surface area contributed by atoms with Crippen molar-refractivity contribution < 1.29 is 28.7 Å². The number of ether oxygens (including phenoxy) is 2. The number of barbiturate groups is 1. The van der Waals surface area contributed by atoms with Crippen LogP contribution in [0.5, 0.6) is 11.5 Å². The Morgan fingerprint density at radius 1 is 1.00 bits per heavy atom. The third kappa shape index (κ3) is 5.53. The van der Waals surface area contributed by atoms with Gasteiger partial charge in [-0.2, -0.15) is 0 Å². The van der Waals surface area contributed by atoms with E-state index in [0.29, 0.717) is 22.0 Å². The van der Waals surface area contributed by atoms with Crippen LogP contribution in [0.25, 0.3) is 6.08 Å². The molecule has 3 aromatic rings. The summed E-state index contributed by atoms with van der Waals surface area (Å²) in [5.74, 6) is -1.40. The maximum atomic E-state index is 13.0. The van der Waals surface area contributed by atoms with Crippen LogP contribution in [-0.4, -0.2) is 37.5 Å². The number of hydrogen-bond acceptors (Lipinski definition) is 6. The predicted octanol–water partition coefficient (Wildman–Crippen LogP) is 4.03. The average molecular weight is 506 g/mol. The number of methoxy groups -OCH3 is 1. The molecule has 0 aromatic heterocycles. The Hall–Kier alpha value is -4.63. The van der Waals surface area contributed by atoms with Gasteiger partial charge in [-0.3, -0.25) is 19.7 Å². The first-order chi connectivity index (χ1) is 17.4. The van der Waals surface area contributed by atoms with Crippen LogP contribution < -0.4 is 25.0 Å². The minimum atomic E-state index is -0.861. The highest BCUT2D eigenvalue weighted by Gasteiger charge is 2.36. The minimum absolute atomic E-state index is 0.248. The Kier molecular flexibility index (Phi) is 7.31. The van der Waals surface area contributed by atoms with E-state index in [1.165, 1.54) is 37.5 Å². The first kappa shape index (κ1) is 24.5. The van der Waals surface area contributed by atoms with Gasteiger partial charge in [0.25, 0.3) is 17.7 Å². The number of hydrogen-bond donors (Lipinski definition) is 2. The molecule has 10 heteroatoms. The molecule has 1 saturated heterocycles. The number of carbonyl (C=O) groups is 4. The van der Waals surface area contributed by atoms with Gasteiger partial charge in [0.05, 0.1) is 12.8 Å². The average Bonchev–Trinajstić information content (AvgIpc) is 2.87. The maximum absolute atomic E-state index is 13.0. The van der Waals surface area contributed by atoms with Gasteiger partial charge in [0.1, 0.15) is 5.57 Å². The van der Waals surface area contributed by atoms with E-state index in [2.05, 4.69) is 10.6 Å². The van der Waals surface area contributed by atoms with E-state index in [1.54, 1.807) is 42.5 Å². The van der Waals surface area contributed by atoms with Crippen LogP contribution >= 0.6 is 11.6 Å². The lowest BCUT2D eigenvalue weighted by Gasteiger charge is -2.26. The number of amides is 5. The number of rotatable bonds is 7. The predicted molar refractivity (Wildman–Crippen MR) is 134 cm³/mol. The van der Waals surface area contributed by atoms with Crippen molar-refractivity contribution in [3.05, 3.63) is 89.0 Å². The highest BCUT2D eigenvalue weighted by atomic mass is 35.5. The van der Waals surface area contributed by atoms with Crippen molar-refractivity contribution in [1.29, 1.82) is 0 Å². The summed E-state index contributed by atoms with van der Waals surface area (Å²) in [6.07, 6.45) is 1.33. The fourth-order valence-corrected chi connectivity index (χ4v) is 3.53. The van der Waals surface area contributed by atoms with E-state index in [0.717, 1.165) is 4.90 Å². The van der Waals surface area contributed by atoms with Crippen LogP contribution in [0.2, 0.25) is 5.02 Å². The van der Waals surface area contributed by atoms with Crippen LogP contribution in [0.3, 0.4) is 0 Å². The van der Waals surface area contributed by atoms with Crippen molar-refractivity contribution in [1.82, 2.24) is 5.32 Å². The van der Waals surface area contributed by atoms with Gasteiger partial charge in [0, 0.05) is 10.7 Å². The first-order valence-electron chi connectivity index (χ1n) is 10.7. The summed E-state index contributed by atoms with van der Waals surface area (Å²) >= 11 is 5.89. The third-order valence-electron chi connectivity index (χ3n) is 5.10. The molecule has 0 atom stereocenters. The number of nitrogens with zero attached hydrogens (tertiary/aromatic N) is 1. The summed E-state index contributed by atoms with van der Waals surface area (Å²) < 4.78 is 10.9. The number of nitrogens with one attached hydrogen (secondary N) is 2. The van der Waals surface area contributed by atoms with E-state index < -0.39 is 17.8 Å². The van der Waals surface area contributed by atoms with Gasteiger partial charge in [0.15, 0.2) is 18.1 Å². The summed E-state index contributed by atoms with van der Waals surface area (Å²) in [7, 11) is 1.42. The molecule has 0 saturated carbocycles. The number of carbonyl (C=O) groups excluding carboxylic acids is 4. The van der Waals surface area contributed by atoms with Crippen LogP contribution in [0.1, 0.15) is 5.56 Å². The molecule has 36 heavy (non-hydrogen) atoms. The number of benzene rings is 3. The summed E-state index contributed by atoms with van der Waals surface area (Å²) in [5, 5.41) is 5.31. The summed E-state index contributed by atoms with van der Waals surface area (Å²) in [4.78, 5) is 50.8. The number of imide groups is 2. The number of anilines is 2. The van der Waals surface area contributed by atoms with Gasteiger partial charge in [-0.15, -0.1) is 0 Å². The van der Waals surface area contributed by atoms with Gasteiger partial charge in [-0.05, 0) is 60.2 Å². The highest BCUT2D eigenvalue weighted by Crippen LogP contribution is 2.30. The number of para-hydroxylation sites is 1. The second-order valence-corrected chi connectivity index (χ2v) is 7.98. The van der Waals surface area contributed by atoms with E-state index in [-0.39, 0.29) is 29.5 Å². The van der Waals surface area contributed by atoms with Crippen LogP contribution in [0.15, 0.2) is 78.4 Å². The van der Waals surface area contributed by atoms with E-state index in [1.807, 2.05) is 6.07 Å². The van der Waals surface area contributed by atoms with Gasteiger partial charge >= 0.3 is 6.03 Å². The van der Waals surface area contributed by atoms with Crippen LogP contribution in [-0.2, 0) is 14.4 Å². The molecule has 0 aliphatic carbocycles. The molecule has 4 rings (SSSR count). The molecule has 2 N–H and O–H groups in total. The Balaban J connectivity index is 1.51. The molecule has 9 nitrogen and oxygen atoms in total. The van der Waals surface area contributed by atoms with Crippen molar-refractivity contribution in [2.45, 2.75) is 0 Å². The van der Waals surface area contributed by atoms with Crippen molar-refractivity contribution >= 4 is 52.8 Å². The summed E-state index contributed by atoms with van der Waals surface area (Å²) in [5.41, 5.74) is 1.09. The molecular formula is C26H20ClN3O6. The summed E-state index contributed by atoms with van der Waals surface area (Å²) in [6, 6.07) is 18.8. The number of halogens is 1. The summed E-state index contributed by atoms with van der Waals surface area (Å²) in [6.45, 7) is -0.259. The fourth-order valence-electron chi connectivity index (χ4n) is 3.40. The smallest absolute Gasteiger partial charge is 0.335 e. The molecule has 0 unspecified atom stereocenters. The second kappa shape index (κ2) is 10.7. The molecule has 0 radical (unpaired) electrons. The zero-order chi connectivity index (χ0) is 25.7. The van der Waals surface area contributed by atoms with Crippen LogP contribution in [0, 0.1) is 0 Å². The van der Waals surface area contributed by atoms with Crippen molar-refractivity contribution in [2.75, 3.05) is 23.9 Å². The molecule has 0 spiro atoms. The Labute approximate surface area is 211 Å². The van der Waals surface area contributed by atoms with E-state index in [4.69, 9.17) is 21.1 Å². The molecule has 0 bridgehead atoms. The molecule has 1 aliphatic heterocycles. The molecule has 182 valence electrons. The molecule has 1 heterocycles. The molecule has 1 aliphatic rings. The van der Waals surface area contributed by atoms with Crippen molar-refractivity contribution in [2.24, 2.45) is 0 Å². The topological polar surface area (TPSA) is 114 Å². The standard InChI is InChI=1S/C26H20ClN3O6/c1-35-22-14-16(7-12-21(22)36-15-23(31)28-18-5-3-2-4-6-18)13-20-24(32)29-26(34)30(25(20)33)19-10-8-17(27)9-11-19/h2-14H,15H2,1H3,(H,28,31)(H,29,32,34)/b20-13+. The van der Waals surface area contributed by atoms with E-state index >= 15 is 0 Å². The monoisotopic (exact) mass is 505 g/mol. The van der Waals surface area contributed by atoms with Crippen LogP contribution in [0.4, 0.5) is 16.2 Å². The zero-order valence-electron chi connectivity index (χ0n) is 19.0. The number of urea groups is 1. The van der Waals surface area contributed by atoms with Gasteiger partial charge in [0.2, 0.25) is 0 Å². The second-order valence-electron chi connectivity index (χ2n) is 7.55. The maximum Gasteiger partial charge on any atom is 0.335 e. The fraction of sp³-hybridized carbons (Fsp3) is 0.0769. The quantitative estimate of drug-likeness (QED) is 0.370. The van der Waals surface area contributed by atoms with Gasteiger partial charge in [-0.25, -0.2) is 9.69 Å². The minimum Gasteiger partial charge on any atom is -0.493 e. The lowest BCUT2D eigenvalue weighted by Crippen LogP contribution is -2.54. The Morgan fingerprint density at radius 3 is 2.42 bits per heavy atom. The van der Waals surface area contributed by atoms with Gasteiger partial charge < -0.3 is 14.8 Å². The normalized spacial score (nSPS) is 14.4.